The largest absolute Gasteiger partial charge is 0.317 e. The molecule has 1 amide bonds. The van der Waals surface area contributed by atoms with E-state index in [1.165, 1.54) is 12.1 Å². The lowest BCUT2D eigenvalue weighted by atomic mass is 10.2. The second-order valence-electron chi connectivity index (χ2n) is 6.04. The Morgan fingerprint density at radius 3 is 2.52 bits per heavy atom. The third-order valence-electron chi connectivity index (χ3n) is 4.12. The molecule has 1 aliphatic rings. The Morgan fingerprint density at radius 2 is 1.83 bits per heavy atom. The zero-order chi connectivity index (χ0) is 20.4. The van der Waals surface area contributed by atoms with Crippen LogP contribution in [0.5, 0.6) is 0 Å². The van der Waals surface area contributed by atoms with E-state index < -0.39 is 4.92 Å². The van der Waals surface area contributed by atoms with Crippen molar-refractivity contribution in [1.29, 1.82) is 0 Å². The number of nitrogens with one attached hydrogen (secondary N) is 1. The molecular weight excluding hydrogens is 412 g/mol. The zero-order valence-electron chi connectivity index (χ0n) is 14.8. The minimum absolute atomic E-state index is 0.0272. The van der Waals surface area contributed by atoms with Crippen molar-refractivity contribution in [2.45, 2.75) is 0 Å². The summed E-state index contributed by atoms with van der Waals surface area (Å²) in [5.74, 6) is 0.457. The van der Waals surface area contributed by atoms with Gasteiger partial charge in [0.15, 0.2) is 0 Å². The number of nitro benzene ring substituents is 1. The minimum Gasteiger partial charge on any atom is -0.317 e. The molecule has 0 bridgehead atoms. The molecular formula is C20H13ClN4O3S. The van der Waals surface area contributed by atoms with Gasteiger partial charge in [0.05, 0.1) is 15.5 Å². The third kappa shape index (κ3) is 4.23. The molecule has 1 saturated heterocycles. The van der Waals surface area contributed by atoms with Crippen LogP contribution in [0, 0.1) is 10.1 Å². The van der Waals surface area contributed by atoms with Gasteiger partial charge in [-0.3, -0.25) is 14.9 Å². The lowest BCUT2D eigenvalue weighted by molar-refractivity contribution is -0.384. The van der Waals surface area contributed by atoms with Crippen molar-refractivity contribution in [3.8, 4) is 5.69 Å². The molecule has 1 N–H and O–H groups in total. The molecule has 3 aromatic rings. The Balaban J connectivity index is 1.68. The number of hydrogen-bond acceptors (Lipinski definition) is 5. The fourth-order valence-corrected chi connectivity index (χ4v) is 3.62. The number of rotatable bonds is 4. The number of aromatic nitrogens is 1. The molecule has 0 radical (unpaired) electrons. The smallest absolute Gasteiger partial charge is 0.289 e. The van der Waals surface area contributed by atoms with Crippen molar-refractivity contribution in [3.63, 3.8) is 0 Å². The van der Waals surface area contributed by atoms with Gasteiger partial charge in [0.2, 0.25) is 0 Å². The lowest BCUT2D eigenvalue weighted by Crippen LogP contribution is -2.18. The average Bonchev–Trinajstić information content (AvgIpc) is 3.30. The highest BCUT2D eigenvalue weighted by Gasteiger charge is 2.24. The van der Waals surface area contributed by atoms with E-state index in [4.69, 9.17) is 11.6 Å². The molecule has 4 rings (SSSR count). The third-order valence-corrected chi connectivity index (χ3v) is 5.19. The Bertz CT molecular complexity index is 1150. The molecule has 0 aliphatic carbocycles. The number of aliphatic imine (C=N–C) groups is 1. The molecule has 2 heterocycles. The van der Waals surface area contributed by atoms with Crippen LogP contribution in [0.3, 0.4) is 0 Å². The first-order chi connectivity index (χ1) is 14.0. The average molecular weight is 425 g/mol. The van der Waals surface area contributed by atoms with Crippen LogP contribution in [-0.2, 0) is 0 Å². The van der Waals surface area contributed by atoms with Crippen molar-refractivity contribution < 1.29 is 9.72 Å². The van der Waals surface area contributed by atoms with E-state index in [-0.39, 0.29) is 10.9 Å². The number of amidine groups is 1. The van der Waals surface area contributed by atoms with Crippen LogP contribution in [0.4, 0.5) is 16.2 Å². The number of nitrogens with zero attached hydrogens (tertiary/aromatic N) is 3. The van der Waals surface area contributed by atoms with Crippen molar-refractivity contribution in [2.24, 2.45) is 4.99 Å². The predicted molar refractivity (Wildman–Crippen MR) is 115 cm³/mol. The maximum absolute atomic E-state index is 11.9. The second-order valence-corrected chi connectivity index (χ2v) is 7.49. The molecule has 9 heteroatoms. The number of amides is 1. The molecule has 0 atom stereocenters. The fourth-order valence-electron chi connectivity index (χ4n) is 2.77. The number of halogens is 1. The summed E-state index contributed by atoms with van der Waals surface area (Å²) >= 11 is 6.96. The molecule has 1 aliphatic heterocycles. The monoisotopic (exact) mass is 424 g/mol. The number of hydrogen-bond donors (Lipinski definition) is 1. The highest BCUT2D eigenvalue weighted by atomic mass is 35.5. The van der Waals surface area contributed by atoms with E-state index in [2.05, 4.69) is 10.3 Å². The summed E-state index contributed by atoms with van der Waals surface area (Å²) in [4.78, 5) is 27.5. The number of thioether (sulfide) groups is 1. The van der Waals surface area contributed by atoms with Gasteiger partial charge >= 0.3 is 0 Å². The first-order valence-electron chi connectivity index (χ1n) is 8.47. The summed E-state index contributed by atoms with van der Waals surface area (Å²) in [6.45, 7) is 0. The van der Waals surface area contributed by atoms with Crippen LogP contribution >= 0.6 is 23.4 Å². The Kier molecular flexibility index (Phi) is 5.20. The normalized spacial score (nSPS) is 16.4. The van der Waals surface area contributed by atoms with E-state index in [9.17, 15) is 14.9 Å². The van der Waals surface area contributed by atoms with Crippen LogP contribution in [0.2, 0.25) is 5.02 Å². The van der Waals surface area contributed by atoms with Gasteiger partial charge in [0.1, 0.15) is 5.84 Å². The van der Waals surface area contributed by atoms with Crippen LogP contribution in [0.1, 0.15) is 5.69 Å². The Hall–Kier alpha value is -3.36. The zero-order valence-corrected chi connectivity index (χ0v) is 16.4. The van der Waals surface area contributed by atoms with Crippen LogP contribution in [0.15, 0.2) is 76.8 Å². The van der Waals surface area contributed by atoms with E-state index in [0.717, 1.165) is 23.1 Å². The molecule has 1 fully saturated rings. The lowest BCUT2D eigenvalue weighted by Gasteiger charge is -2.07. The highest BCUT2D eigenvalue weighted by Crippen LogP contribution is 2.29. The summed E-state index contributed by atoms with van der Waals surface area (Å²) in [7, 11) is 0. The topological polar surface area (TPSA) is 89.5 Å². The maximum Gasteiger partial charge on any atom is 0.289 e. The van der Waals surface area contributed by atoms with Crippen molar-refractivity contribution >= 4 is 51.9 Å². The van der Waals surface area contributed by atoms with E-state index in [0.29, 0.717) is 21.5 Å². The molecule has 0 unspecified atom stereocenters. The van der Waals surface area contributed by atoms with E-state index in [1.807, 2.05) is 29.0 Å². The van der Waals surface area contributed by atoms with Gasteiger partial charge in [-0.1, -0.05) is 11.6 Å². The molecule has 144 valence electrons. The number of nitro groups is 1. The van der Waals surface area contributed by atoms with Crippen molar-refractivity contribution in [3.05, 3.63) is 92.6 Å². The van der Waals surface area contributed by atoms with Gasteiger partial charge < -0.3 is 9.88 Å². The van der Waals surface area contributed by atoms with Gasteiger partial charge in [0.25, 0.3) is 10.9 Å². The molecule has 0 spiro atoms. The molecule has 2 aromatic carbocycles. The van der Waals surface area contributed by atoms with Gasteiger partial charge in [-0.15, -0.1) is 0 Å². The Morgan fingerprint density at radius 1 is 1.10 bits per heavy atom. The van der Waals surface area contributed by atoms with Gasteiger partial charge in [-0.25, -0.2) is 4.99 Å². The summed E-state index contributed by atoms with van der Waals surface area (Å²) in [6.07, 6.45) is 3.69. The number of benzene rings is 2. The fraction of sp³-hybridized carbons (Fsp3) is 0. The maximum atomic E-state index is 11.9. The van der Waals surface area contributed by atoms with E-state index in [1.54, 1.807) is 36.4 Å². The first-order valence-corrected chi connectivity index (χ1v) is 9.66. The predicted octanol–water partition coefficient (Wildman–Crippen LogP) is 5.57. The van der Waals surface area contributed by atoms with Crippen molar-refractivity contribution in [2.75, 3.05) is 0 Å². The van der Waals surface area contributed by atoms with Crippen molar-refractivity contribution in [1.82, 2.24) is 9.88 Å². The van der Waals surface area contributed by atoms with Crippen LogP contribution in [0.25, 0.3) is 11.8 Å². The van der Waals surface area contributed by atoms with Gasteiger partial charge in [-0.2, -0.15) is 0 Å². The Labute approximate surface area is 174 Å². The second kappa shape index (κ2) is 7.94. The number of non-ortho nitro benzene ring substituents is 1. The first kappa shape index (κ1) is 19.0. The van der Waals surface area contributed by atoms with E-state index >= 15 is 0 Å². The number of carbonyl (C=O) groups excluding carboxylic acids is 1. The van der Waals surface area contributed by atoms with Gasteiger partial charge in [-0.05, 0) is 66.4 Å². The molecule has 1 aromatic heterocycles. The molecule has 0 saturated carbocycles. The summed E-state index contributed by atoms with van der Waals surface area (Å²) in [5.41, 5.74) is 2.27. The summed E-state index contributed by atoms with van der Waals surface area (Å²) in [6, 6.07) is 17.0. The standard InChI is InChI=1S/C20H13ClN4O3S/c21-13-3-5-14(6-4-13)22-19-18(29-20(26)23-19)12-17-2-1-11-24(17)15-7-9-16(10-8-15)25(27)28/h1-12H,(H,22,23,26). The SMILES string of the molecule is O=C1NC(=Nc2ccc(Cl)cc2)C(=Cc2cccn2-c2ccc([N+](=O)[O-])cc2)S1. The quantitative estimate of drug-likeness (QED) is 0.438. The molecule has 7 nitrogen and oxygen atoms in total. The van der Waals surface area contributed by atoms with Gasteiger partial charge in [0, 0.05) is 34.7 Å². The number of carbonyl (C=O) groups is 1. The summed E-state index contributed by atoms with van der Waals surface area (Å²) in [5, 5.41) is 14.0. The van der Waals surface area contributed by atoms with Crippen LogP contribution < -0.4 is 5.32 Å². The summed E-state index contributed by atoms with van der Waals surface area (Å²) < 4.78 is 1.87. The minimum atomic E-state index is -0.436. The van der Waals surface area contributed by atoms with Crippen LogP contribution in [-0.4, -0.2) is 20.6 Å². The molecule has 29 heavy (non-hydrogen) atoms. The highest BCUT2D eigenvalue weighted by molar-refractivity contribution is 8.18.